The van der Waals surface area contributed by atoms with Gasteiger partial charge in [0.05, 0.1) is 0 Å². The first-order chi connectivity index (χ1) is 11.5. The normalized spacial score (nSPS) is 13.4. The van der Waals surface area contributed by atoms with Crippen LogP contribution in [-0.4, -0.2) is 10.2 Å². The van der Waals surface area contributed by atoms with Crippen molar-refractivity contribution in [1.82, 2.24) is 0 Å². The molecule has 6 N–H and O–H groups in total. The molecule has 0 bridgehead atoms. The first kappa shape index (κ1) is 16.1. The Kier molecular flexibility index (Phi) is 4.51. The maximum Gasteiger partial charge on any atom is 0.104 e. The molecule has 0 aliphatic heterocycles. The van der Waals surface area contributed by atoms with Crippen LogP contribution in [0.15, 0.2) is 72.8 Å². The van der Waals surface area contributed by atoms with Gasteiger partial charge in [-0.15, -0.1) is 0 Å². The van der Waals surface area contributed by atoms with Crippen molar-refractivity contribution in [2.75, 3.05) is 11.5 Å². The van der Waals surface area contributed by atoms with Crippen LogP contribution in [-0.2, 0) is 0 Å². The fourth-order valence-corrected chi connectivity index (χ4v) is 2.74. The average molecular weight is 320 g/mol. The molecule has 3 rings (SSSR count). The predicted molar refractivity (Wildman–Crippen MR) is 96.3 cm³/mol. The molecule has 0 saturated carbocycles. The molecule has 0 amide bonds. The van der Waals surface area contributed by atoms with Crippen molar-refractivity contribution < 1.29 is 10.2 Å². The van der Waals surface area contributed by atoms with E-state index >= 15 is 0 Å². The lowest BCUT2D eigenvalue weighted by atomic mass is 9.95. The van der Waals surface area contributed by atoms with Crippen molar-refractivity contribution in [3.63, 3.8) is 0 Å². The summed E-state index contributed by atoms with van der Waals surface area (Å²) >= 11 is 0. The highest BCUT2D eigenvalue weighted by atomic mass is 16.3. The molecule has 3 aromatic carbocycles. The summed E-state index contributed by atoms with van der Waals surface area (Å²) in [5, 5.41) is 21.2. The van der Waals surface area contributed by atoms with Crippen LogP contribution in [0.25, 0.3) is 0 Å². The van der Waals surface area contributed by atoms with Crippen LogP contribution in [0.5, 0.6) is 0 Å². The Hall–Kier alpha value is -2.82. The SMILES string of the molecule is Nc1cccc(C(O)c2cccc(C(O)c3cccc(N)c3)c2)c1. The van der Waals surface area contributed by atoms with E-state index in [0.29, 0.717) is 33.6 Å². The molecule has 0 spiro atoms. The molecular weight excluding hydrogens is 300 g/mol. The molecule has 0 heterocycles. The summed E-state index contributed by atoms with van der Waals surface area (Å²) in [7, 11) is 0. The van der Waals surface area contributed by atoms with E-state index in [9.17, 15) is 10.2 Å². The van der Waals surface area contributed by atoms with E-state index in [4.69, 9.17) is 11.5 Å². The minimum atomic E-state index is -0.804. The molecule has 4 nitrogen and oxygen atoms in total. The molecule has 2 unspecified atom stereocenters. The second-order valence-electron chi connectivity index (χ2n) is 5.82. The number of aliphatic hydroxyl groups is 2. The number of benzene rings is 3. The van der Waals surface area contributed by atoms with Gasteiger partial charge in [-0.05, 0) is 52.6 Å². The van der Waals surface area contributed by atoms with Gasteiger partial charge < -0.3 is 21.7 Å². The highest BCUT2D eigenvalue weighted by molar-refractivity contribution is 5.46. The van der Waals surface area contributed by atoms with Crippen molar-refractivity contribution in [3.05, 3.63) is 95.1 Å². The van der Waals surface area contributed by atoms with Crippen LogP contribution >= 0.6 is 0 Å². The fraction of sp³-hybridized carbons (Fsp3) is 0.100. The molecule has 0 aliphatic carbocycles. The summed E-state index contributed by atoms with van der Waals surface area (Å²) in [6.07, 6.45) is -1.61. The molecule has 3 aromatic rings. The summed E-state index contributed by atoms with van der Waals surface area (Å²) in [6.45, 7) is 0. The van der Waals surface area contributed by atoms with Crippen LogP contribution in [0.3, 0.4) is 0 Å². The Bertz CT molecular complexity index is 782. The topological polar surface area (TPSA) is 92.5 Å². The molecule has 0 aliphatic rings. The van der Waals surface area contributed by atoms with Gasteiger partial charge in [0.25, 0.3) is 0 Å². The number of nitrogen functional groups attached to an aromatic ring is 2. The lowest BCUT2D eigenvalue weighted by Gasteiger charge is -2.16. The van der Waals surface area contributed by atoms with Gasteiger partial charge in [0.1, 0.15) is 12.2 Å². The molecule has 0 radical (unpaired) electrons. The van der Waals surface area contributed by atoms with E-state index in [2.05, 4.69) is 0 Å². The lowest BCUT2D eigenvalue weighted by Crippen LogP contribution is -2.04. The third-order valence-electron chi connectivity index (χ3n) is 4.00. The summed E-state index contributed by atoms with van der Waals surface area (Å²) in [6, 6.07) is 21.5. The number of nitrogens with two attached hydrogens (primary N) is 2. The molecule has 0 saturated heterocycles. The summed E-state index contributed by atoms with van der Waals surface area (Å²) < 4.78 is 0. The van der Waals surface area contributed by atoms with E-state index in [0.717, 1.165) is 0 Å². The summed E-state index contributed by atoms with van der Waals surface area (Å²) in [5.74, 6) is 0. The smallest absolute Gasteiger partial charge is 0.104 e. The molecule has 4 heteroatoms. The summed E-state index contributed by atoms with van der Waals surface area (Å²) in [4.78, 5) is 0. The zero-order valence-corrected chi connectivity index (χ0v) is 13.1. The van der Waals surface area contributed by atoms with Crippen molar-refractivity contribution in [2.24, 2.45) is 0 Å². The maximum atomic E-state index is 10.6. The Morgan fingerprint density at radius 1 is 0.542 bits per heavy atom. The zero-order chi connectivity index (χ0) is 17.1. The lowest BCUT2D eigenvalue weighted by molar-refractivity contribution is 0.213. The second kappa shape index (κ2) is 6.74. The highest BCUT2D eigenvalue weighted by Gasteiger charge is 2.15. The van der Waals surface area contributed by atoms with Crippen LogP contribution in [0.2, 0.25) is 0 Å². The van der Waals surface area contributed by atoms with Crippen molar-refractivity contribution >= 4 is 11.4 Å². The van der Waals surface area contributed by atoms with Gasteiger partial charge in [0, 0.05) is 11.4 Å². The fourth-order valence-electron chi connectivity index (χ4n) is 2.74. The quantitative estimate of drug-likeness (QED) is 0.556. The number of hydrogen-bond acceptors (Lipinski definition) is 4. The number of aliphatic hydroxyl groups excluding tert-OH is 2. The van der Waals surface area contributed by atoms with Gasteiger partial charge in [-0.1, -0.05) is 42.5 Å². The van der Waals surface area contributed by atoms with Crippen molar-refractivity contribution in [2.45, 2.75) is 12.2 Å². The molecule has 2 atom stereocenters. The van der Waals surface area contributed by atoms with E-state index in [1.54, 1.807) is 42.5 Å². The van der Waals surface area contributed by atoms with E-state index in [-0.39, 0.29) is 0 Å². The standard InChI is InChI=1S/C20H20N2O2/c21-17-8-2-6-15(11-17)19(23)13-4-1-5-14(10-13)20(24)16-7-3-9-18(22)12-16/h1-12,19-20,23-24H,21-22H2. The molecule has 0 fully saturated rings. The number of rotatable bonds is 4. The highest BCUT2D eigenvalue weighted by Crippen LogP contribution is 2.28. The molecule has 122 valence electrons. The van der Waals surface area contributed by atoms with Gasteiger partial charge in [-0.3, -0.25) is 0 Å². The van der Waals surface area contributed by atoms with Crippen LogP contribution in [0.4, 0.5) is 11.4 Å². The molecule has 24 heavy (non-hydrogen) atoms. The van der Waals surface area contributed by atoms with E-state index < -0.39 is 12.2 Å². The Morgan fingerprint density at radius 3 is 1.25 bits per heavy atom. The van der Waals surface area contributed by atoms with Crippen LogP contribution in [0, 0.1) is 0 Å². The van der Waals surface area contributed by atoms with Gasteiger partial charge >= 0.3 is 0 Å². The van der Waals surface area contributed by atoms with E-state index in [1.807, 2.05) is 30.3 Å². The predicted octanol–water partition coefficient (Wildman–Crippen LogP) is 3.01. The van der Waals surface area contributed by atoms with Gasteiger partial charge in [0.15, 0.2) is 0 Å². The van der Waals surface area contributed by atoms with Crippen molar-refractivity contribution in [1.29, 1.82) is 0 Å². The molecular formula is C20H20N2O2. The Morgan fingerprint density at radius 2 is 0.875 bits per heavy atom. The first-order valence-electron chi connectivity index (χ1n) is 7.71. The maximum absolute atomic E-state index is 10.6. The zero-order valence-electron chi connectivity index (χ0n) is 13.1. The monoisotopic (exact) mass is 320 g/mol. The Labute approximate surface area is 141 Å². The largest absolute Gasteiger partial charge is 0.399 e. The van der Waals surface area contributed by atoms with E-state index in [1.165, 1.54) is 0 Å². The average Bonchev–Trinajstić information content (AvgIpc) is 2.60. The Balaban J connectivity index is 1.91. The number of anilines is 2. The van der Waals surface area contributed by atoms with Crippen LogP contribution < -0.4 is 11.5 Å². The van der Waals surface area contributed by atoms with Gasteiger partial charge in [-0.25, -0.2) is 0 Å². The minimum absolute atomic E-state index is 0.600. The molecule has 0 aromatic heterocycles. The third kappa shape index (κ3) is 3.40. The third-order valence-corrected chi connectivity index (χ3v) is 4.00. The summed E-state index contributed by atoms with van der Waals surface area (Å²) in [5.41, 5.74) is 15.6. The van der Waals surface area contributed by atoms with Crippen LogP contribution in [0.1, 0.15) is 34.5 Å². The first-order valence-corrected chi connectivity index (χ1v) is 7.71. The second-order valence-corrected chi connectivity index (χ2v) is 5.82. The minimum Gasteiger partial charge on any atom is -0.399 e. The van der Waals surface area contributed by atoms with Gasteiger partial charge in [-0.2, -0.15) is 0 Å². The number of hydrogen-bond donors (Lipinski definition) is 4. The van der Waals surface area contributed by atoms with Gasteiger partial charge in [0.2, 0.25) is 0 Å². The van der Waals surface area contributed by atoms with Crippen molar-refractivity contribution in [3.8, 4) is 0 Å².